The van der Waals surface area contributed by atoms with Crippen LogP contribution >= 0.6 is 0 Å². The van der Waals surface area contributed by atoms with Crippen molar-refractivity contribution in [2.45, 2.75) is 13.8 Å². The molecule has 0 heterocycles. The molecule has 0 bridgehead atoms. The van der Waals surface area contributed by atoms with Crippen molar-refractivity contribution in [3.63, 3.8) is 0 Å². The lowest BCUT2D eigenvalue weighted by Gasteiger charge is -2.13. The number of benzene rings is 2. The largest absolute Gasteiger partial charge is 0.478 e. The minimum absolute atomic E-state index is 0.0689. The lowest BCUT2D eigenvalue weighted by molar-refractivity contribution is -0.133. The highest BCUT2D eigenvalue weighted by molar-refractivity contribution is 6.26. The van der Waals surface area contributed by atoms with Crippen LogP contribution in [-0.4, -0.2) is 24.2 Å². The molecule has 0 aromatic heterocycles. The number of carbonyl (C=O) groups is 2. The van der Waals surface area contributed by atoms with Gasteiger partial charge in [-0.2, -0.15) is 0 Å². The van der Waals surface area contributed by atoms with Gasteiger partial charge in [0, 0.05) is 5.56 Å². The molecular weight excluding hydrogens is 292 g/mol. The van der Waals surface area contributed by atoms with Crippen molar-refractivity contribution < 1.29 is 19.4 Å². The molecule has 0 aliphatic carbocycles. The third-order valence-corrected chi connectivity index (χ3v) is 3.68. The highest BCUT2D eigenvalue weighted by Gasteiger charge is 2.22. The Morgan fingerprint density at radius 2 is 1.52 bits per heavy atom. The van der Waals surface area contributed by atoms with E-state index in [9.17, 15) is 14.7 Å². The maximum atomic E-state index is 12.3. The topological polar surface area (TPSA) is 63.6 Å². The van der Waals surface area contributed by atoms with Crippen LogP contribution in [0.4, 0.5) is 0 Å². The molecule has 0 unspecified atom stereocenters. The third kappa shape index (κ3) is 3.48. The Balaban J connectivity index is 2.72. The van der Waals surface area contributed by atoms with Gasteiger partial charge in [-0.1, -0.05) is 48.0 Å². The molecule has 23 heavy (non-hydrogen) atoms. The van der Waals surface area contributed by atoms with Crippen LogP contribution in [0.3, 0.4) is 0 Å². The van der Waals surface area contributed by atoms with Gasteiger partial charge in [0.1, 0.15) is 0 Å². The number of rotatable bonds is 4. The molecule has 2 aromatic carbocycles. The standard InChI is InChI=1S/C19H18O4/c1-12-8-10-14(11-9-12)13(2)17(19(22)23-3)15-6-4-5-7-16(15)18(20)21/h4-11H,1-3H3,(H,20,21)/b17-13-. The number of carboxylic acid groups (broad SMARTS) is 1. The molecule has 0 saturated heterocycles. The van der Waals surface area contributed by atoms with Gasteiger partial charge in [0.15, 0.2) is 0 Å². The monoisotopic (exact) mass is 310 g/mol. The van der Waals surface area contributed by atoms with Crippen molar-refractivity contribution in [2.24, 2.45) is 0 Å². The molecule has 118 valence electrons. The first-order valence-electron chi connectivity index (χ1n) is 7.14. The van der Waals surface area contributed by atoms with Crippen molar-refractivity contribution in [1.29, 1.82) is 0 Å². The molecule has 2 aromatic rings. The summed E-state index contributed by atoms with van der Waals surface area (Å²) in [7, 11) is 1.29. The number of esters is 1. The van der Waals surface area contributed by atoms with E-state index in [0.717, 1.165) is 11.1 Å². The number of carboxylic acids is 1. The smallest absolute Gasteiger partial charge is 0.338 e. The van der Waals surface area contributed by atoms with E-state index >= 15 is 0 Å². The number of carbonyl (C=O) groups excluding carboxylic acids is 1. The molecule has 2 rings (SSSR count). The quantitative estimate of drug-likeness (QED) is 0.530. The fraction of sp³-hybridized carbons (Fsp3) is 0.158. The average Bonchev–Trinajstić information content (AvgIpc) is 2.55. The normalized spacial score (nSPS) is 11.6. The van der Waals surface area contributed by atoms with E-state index in [0.29, 0.717) is 11.1 Å². The maximum Gasteiger partial charge on any atom is 0.338 e. The fourth-order valence-corrected chi connectivity index (χ4v) is 2.40. The van der Waals surface area contributed by atoms with Crippen LogP contribution in [0, 0.1) is 6.92 Å². The van der Waals surface area contributed by atoms with Crippen LogP contribution in [-0.2, 0) is 9.53 Å². The summed E-state index contributed by atoms with van der Waals surface area (Å²) in [5.74, 6) is -1.64. The van der Waals surface area contributed by atoms with Crippen molar-refractivity contribution in [2.75, 3.05) is 7.11 Å². The Morgan fingerprint density at radius 3 is 2.04 bits per heavy atom. The van der Waals surface area contributed by atoms with Crippen LogP contribution in [0.1, 0.15) is 34.0 Å². The van der Waals surface area contributed by atoms with E-state index in [4.69, 9.17) is 4.74 Å². The minimum atomic E-state index is -1.08. The van der Waals surface area contributed by atoms with Gasteiger partial charge in [0.05, 0.1) is 18.2 Å². The number of methoxy groups -OCH3 is 1. The lowest BCUT2D eigenvalue weighted by Crippen LogP contribution is -2.10. The van der Waals surface area contributed by atoms with Crippen molar-refractivity contribution in [3.05, 3.63) is 70.8 Å². The molecule has 0 saturated carbocycles. The van der Waals surface area contributed by atoms with Crippen molar-refractivity contribution in [3.8, 4) is 0 Å². The molecule has 0 amide bonds. The number of aryl methyl sites for hydroxylation is 1. The molecule has 0 radical (unpaired) electrons. The van der Waals surface area contributed by atoms with Gasteiger partial charge in [0.25, 0.3) is 0 Å². The Hall–Kier alpha value is -2.88. The number of aromatic carboxylic acids is 1. The predicted molar refractivity (Wildman–Crippen MR) is 89.1 cm³/mol. The van der Waals surface area contributed by atoms with E-state index in [-0.39, 0.29) is 11.1 Å². The van der Waals surface area contributed by atoms with E-state index in [1.807, 2.05) is 31.2 Å². The first kappa shape index (κ1) is 16.5. The van der Waals surface area contributed by atoms with E-state index in [1.165, 1.54) is 13.2 Å². The lowest BCUT2D eigenvalue weighted by atomic mass is 9.92. The zero-order valence-corrected chi connectivity index (χ0v) is 13.3. The highest BCUT2D eigenvalue weighted by Crippen LogP contribution is 2.29. The van der Waals surface area contributed by atoms with E-state index in [2.05, 4.69) is 0 Å². The number of hydrogen-bond donors (Lipinski definition) is 1. The summed E-state index contributed by atoms with van der Waals surface area (Å²) in [6, 6.07) is 14.1. The van der Waals surface area contributed by atoms with Gasteiger partial charge in [-0.05, 0) is 31.1 Å². The summed E-state index contributed by atoms with van der Waals surface area (Å²) < 4.78 is 4.88. The number of ether oxygens (including phenoxy) is 1. The Kier molecular flexibility index (Phi) is 4.96. The second-order valence-electron chi connectivity index (χ2n) is 5.21. The molecule has 0 fully saturated rings. The van der Waals surface area contributed by atoms with Gasteiger partial charge in [-0.15, -0.1) is 0 Å². The Bertz CT molecular complexity index is 770. The summed E-state index contributed by atoms with van der Waals surface area (Å²) >= 11 is 0. The summed E-state index contributed by atoms with van der Waals surface area (Å²) in [6.07, 6.45) is 0. The van der Waals surface area contributed by atoms with E-state index < -0.39 is 11.9 Å². The molecular formula is C19H18O4. The fourth-order valence-electron chi connectivity index (χ4n) is 2.40. The second kappa shape index (κ2) is 6.92. The highest BCUT2D eigenvalue weighted by atomic mass is 16.5. The van der Waals surface area contributed by atoms with Crippen molar-refractivity contribution in [1.82, 2.24) is 0 Å². The third-order valence-electron chi connectivity index (χ3n) is 3.68. The molecule has 1 N–H and O–H groups in total. The minimum Gasteiger partial charge on any atom is -0.478 e. The van der Waals surface area contributed by atoms with Gasteiger partial charge in [0.2, 0.25) is 0 Å². The second-order valence-corrected chi connectivity index (χ2v) is 5.21. The first-order valence-corrected chi connectivity index (χ1v) is 7.14. The summed E-state index contributed by atoms with van der Waals surface area (Å²) in [4.78, 5) is 23.8. The SMILES string of the molecule is COC(=O)/C(=C(/C)c1ccc(C)cc1)c1ccccc1C(=O)O. The van der Waals surface area contributed by atoms with E-state index in [1.54, 1.807) is 25.1 Å². The Labute approximate surface area is 135 Å². The summed E-state index contributed by atoms with van der Waals surface area (Å²) in [6.45, 7) is 3.76. The molecule has 0 aliphatic heterocycles. The average molecular weight is 310 g/mol. The maximum absolute atomic E-state index is 12.3. The van der Waals surface area contributed by atoms with Gasteiger partial charge in [-0.3, -0.25) is 0 Å². The predicted octanol–water partition coefficient (Wildman–Crippen LogP) is 3.80. The zero-order chi connectivity index (χ0) is 17.0. The zero-order valence-electron chi connectivity index (χ0n) is 13.3. The van der Waals surface area contributed by atoms with Crippen LogP contribution in [0.15, 0.2) is 48.5 Å². The van der Waals surface area contributed by atoms with Crippen LogP contribution in [0.2, 0.25) is 0 Å². The van der Waals surface area contributed by atoms with Gasteiger partial charge in [-0.25, -0.2) is 9.59 Å². The molecule has 4 heteroatoms. The summed E-state index contributed by atoms with van der Waals surface area (Å²) in [5, 5.41) is 9.38. The number of hydrogen-bond acceptors (Lipinski definition) is 3. The molecule has 0 atom stereocenters. The van der Waals surface area contributed by atoms with Crippen LogP contribution < -0.4 is 0 Å². The van der Waals surface area contributed by atoms with Crippen molar-refractivity contribution >= 4 is 23.1 Å². The van der Waals surface area contributed by atoms with Crippen LogP contribution in [0.25, 0.3) is 11.1 Å². The first-order chi connectivity index (χ1) is 11.0. The summed E-state index contributed by atoms with van der Waals surface area (Å²) in [5.41, 5.74) is 3.30. The number of allylic oxidation sites excluding steroid dienone is 1. The molecule has 4 nitrogen and oxygen atoms in total. The molecule has 0 spiro atoms. The Morgan fingerprint density at radius 1 is 0.957 bits per heavy atom. The van der Waals surface area contributed by atoms with Crippen LogP contribution in [0.5, 0.6) is 0 Å². The van der Waals surface area contributed by atoms with Gasteiger partial charge < -0.3 is 9.84 Å². The molecule has 0 aliphatic rings. The van der Waals surface area contributed by atoms with Gasteiger partial charge >= 0.3 is 11.9 Å².